The first-order chi connectivity index (χ1) is 9.61. The molecule has 0 fully saturated rings. The van der Waals surface area contributed by atoms with Crippen molar-refractivity contribution in [2.75, 3.05) is 6.61 Å². The van der Waals surface area contributed by atoms with Crippen molar-refractivity contribution >= 4 is 0 Å². The van der Waals surface area contributed by atoms with Gasteiger partial charge in [-0.05, 0) is 36.1 Å². The fraction of sp³-hybridized carbons (Fsp3) is 0.294. The van der Waals surface area contributed by atoms with Gasteiger partial charge in [-0.1, -0.05) is 42.5 Å². The molecule has 0 amide bonds. The summed E-state index contributed by atoms with van der Waals surface area (Å²) in [4.78, 5) is 0. The highest BCUT2D eigenvalue weighted by molar-refractivity contribution is 5.43. The standard InChI is InChI=1S/C17H20O3/c1-12-8-14(10-18)9-13(2)17(12)20-11-16(19)15-6-4-3-5-7-15/h3-9,16,18-19H,10-11H2,1-2H3. The molecule has 0 heterocycles. The minimum absolute atomic E-state index is 0.0224. The maximum absolute atomic E-state index is 10.1. The molecule has 2 aromatic rings. The third kappa shape index (κ3) is 3.38. The van der Waals surface area contributed by atoms with Gasteiger partial charge >= 0.3 is 0 Å². The summed E-state index contributed by atoms with van der Waals surface area (Å²) in [6, 6.07) is 13.3. The van der Waals surface area contributed by atoms with E-state index in [2.05, 4.69) is 0 Å². The molecule has 0 aliphatic heterocycles. The summed E-state index contributed by atoms with van der Waals surface area (Å²) in [5.41, 5.74) is 3.65. The molecular formula is C17H20O3. The summed E-state index contributed by atoms with van der Waals surface area (Å²) in [5.74, 6) is 0.775. The molecule has 2 rings (SSSR count). The smallest absolute Gasteiger partial charge is 0.125 e. The zero-order valence-electron chi connectivity index (χ0n) is 11.8. The second-order valence-corrected chi connectivity index (χ2v) is 4.95. The Morgan fingerprint density at radius 3 is 2.20 bits per heavy atom. The first-order valence-electron chi connectivity index (χ1n) is 6.68. The third-order valence-electron chi connectivity index (χ3n) is 3.27. The summed E-state index contributed by atoms with van der Waals surface area (Å²) in [6.45, 7) is 4.12. The number of hydrogen-bond acceptors (Lipinski definition) is 3. The number of hydrogen-bond donors (Lipinski definition) is 2. The molecular weight excluding hydrogens is 252 g/mol. The van der Waals surface area contributed by atoms with Crippen LogP contribution in [0.1, 0.15) is 28.4 Å². The van der Waals surface area contributed by atoms with E-state index in [1.54, 1.807) is 0 Å². The number of rotatable bonds is 5. The number of aliphatic hydroxyl groups is 2. The maximum Gasteiger partial charge on any atom is 0.125 e. The quantitative estimate of drug-likeness (QED) is 0.880. The number of aliphatic hydroxyl groups excluding tert-OH is 2. The van der Waals surface area contributed by atoms with E-state index in [0.717, 1.165) is 28.0 Å². The van der Waals surface area contributed by atoms with Gasteiger partial charge in [0.1, 0.15) is 18.5 Å². The van der Waals surface area contributed by atoms with Crippen LogP contribution in [0, 0.1) is 13.8 Å². The largest absolute Gasteiger partial charge is 0.490 e. The lowest BCUT2D eigenvalue weighted by Gasteiger charge is -2.16. The van der Waals surface area contributed by atoms with Crippen molar-refractivity contribution in [2.24, 2.45) is 0 Å². The third-order valence-corrected chi connectivity index (χ3v) is 3.27. The molecule has 0 saturated carbocycles. The van der Waals surface area contributed by atoms with Crippen LogP contribution in [-0.2, 0) is 6.61 Å². The Labute approximate surface area is 119 Å². The molecule has 0 saturated heterocycles. The summed E-state index contributed by atoms with van der Waals surface area (Å²) < 4.78 is 5.75. The topological polar surface area (TPSA) is 49.7 Å². The first-order valence-corrected chi connectivity index (χ1v) is 6.68. The second-order valence-electron chi connectivity index (χ2n) is 4.95. The lowest BCUT2D eigenvalue weighted by atomic mass is 10.1. The van der Waals surface area contributed by atoms with Crippen LogP contribution >= 0.6 is 0 Å². The molecule has 0 aliphatic rings. The van der Waals surface area contributed by atoms with Gasteiger partial charge in [-0.2, -0.15) is 0 Å². The van der Waals surface area contributed by atoms with Gasteiger partial charge in [0, 0.05) is 0 Å². The SMILES string of the molecule is Cc1cc(CO)cc(C)c1OCC(O)c1ccccc1. The Hall–Kier alpha value is -1.84. The molecule has 0 spiro atoms. The predicted octanol–water partition coefficient (Wildman–Crippen LogP) is 2.91. The van der Waals surface area contributed by atoms with Gasteiger partial charge in [-0.25, -0.2) is 0 Å². The van der Waals surface area contributed by atoms with Crippen molar-refractivity contribution in [3.8, 4) is 5.75 Å². The average Bonchev–Trinajstić information content (AvgIpc) is 2.46. The van der Waals surface area contributed by atoms with Crippen LogP contribution in [0.5, 0.6) is 5.75 Å². The molecule has 0 radical (unpaired) electrons. The van der Waals surface area contributed by atoms with Crippen LogP contribution in [0.2, 0.25) is 0 Å². The lowest BCUT2D eigenvalue weighted by molar-refractivity contribution is 0.107. The Morgan fingerprint density at radius 1 is 1.05 bits per heavy atom. The van der Waals surface area contributed by atoms with E-state index in [4.69, 9.17) is 9.84 Å². The zero-order chi connectivity index (χ0) is 14.5. The van der Waals surface area contributed by atoms with Gasteiger partial charge in [0.15, 0.2) is 0 Å². The normalized spacial score (nSPS) is 12.2. The Bertz CT molecular complexity index is 541. The molecule has 20 heavy (non-hydrogen) atoms. The van der Waals surface area contributed by atoms with Gasteiger partial charge in [-0.3, -0.25) is 0 Å². The molecule has 0 bridgehead atoms. The van der Waals surface area contributed by atoms with Crippen molar-refractivity contribution in [1.82, 2.24) is 0 Å². The molecule has 0 aromatic heterocycles. The van der Waals surface area contributed by atoms with E-state index < -0.39 is 6.10 Å². The van der Waals surface area contributed by atoms with Crippen LogP contribution in [0.3, 0.4) is 0 Å². The second kappa shape index (κ2) is 6.55. The minimum atomic E-state index is -0.646. The lowest BCUT2D eigenvalue weighted by Crippen LogP contribution is -2.11. The minimum Gasteiger partial charge on any atom is -0.490 e. The number of ether oxygens (including phenoxy) is 1. The van der Waals surface area contributed by atoms with Crippen molar-refractivity contribution in [3.05, 3.63) is 64.7 Å². The summed E-state index contributed by atoms with van der Waals surface area (Å²) in [6.07, 6.45) is -0.646. The highest BCUT2D eigenvalue weighted by atomic mass is 16.5. The molecule has 3 nitrogen and oxygen atoms in total. The first kappa shape index (κ1) is 14.6. The number of aryl methyl sites for hydroxylation is 2. The van der Waals surface area contributed by atoms with Gasteiger partial charge in [-0.15, -0.1) is 0 Å². The monoisotopic (exact) mass is 272 g/mol. The number of benzene rings is 2. The van der Waals surface area contributed by atoms with Crippen molar-refractivity contribution in [3.63, 3.8) is 0 Å². The molecule has 3 heteroatoms. The van der Waals surface area contributed by atoms with E-state index in [9.17, 15) is 5.11 Å². The molecule has 1 unspecified atom stereocenters. The predicted molar refractivity (Wildman–Crippen MR) is 78.7 cm³/mol. The summed E-state index contributed by atoms with van der Waals surface area (Å²) in [5, 5.41) is 19.3. The molecule has 2 N–H and O–H groups in total. The summed E-state index contributed by atoms with van der Waals surface area (Å²) >= 11 is 0. The Balaban J connectivity index is 2.08. The van der Waals surface area contributed by atoms with Gasteiger partial charge in [0.25, 0.3) is 0 Å². The maximum atomic E-state index is 10.1. The molecule has 2 aromatic carbocycles. The molecule has 106 valence electrons. The van der Waals surface area contributed by atoms with E-state index in [0.29, 0.717) is 0 Å². The van der Waals surface area contributed by atoms with Crippen LogP contribution in [0.4, 0.5) is 0 Å². The van der Waals surface area contributed by atoms with Crippen LogP contribution in [0.15, 0.2) is 42.5 Å². The fourth-order valence-corrected chi connectivity index (χ4v) is 2.29. The zero-order valence-corrected chi connectivity index (χ0v) is 11.8. The summed E-state index contributed by atoms with van der Waals surface area (Å²) in [7, 11) is 0. The van der Waals surface area contributed by atoms with E-state index >= 15 is 0 Å². The van der Waals surface area contributed by atoms with Gasteiger partial charge in [0.05, 0.1) is 6.61 Å². The average molecular weight is 272 g/mol. The van der Waals surface area contributed by atoms with E-state index in [1.165, 1.54) is 0 Å². The Kier molecular flexibility index (Phi) is 4.77. The van der Waals surface area contributed by atoms with Crippen LogP contribution in [-0.4, -0.2) is 16.8 Å². The fourth-order valence-electron chi connectivity index (χ4n) is 2.29. The van der Waals surface area contributed by atoms with Crippen molar-refractivity contribution in [1.29, 1.82) is 0 Å². The van der Waals surface area contributed by atoms with Crippen molar-refractivity contribution in [2.45, 2.75) is 26.6 Å². The van der Waals surface area contributed by atoms with Gasteiger partial charge < -0.3 is 14.9 Å². The van der Waals surface area contributed by atoms with Crippen molar-refractivity contribution < 1.29 is 14.9 Å². The highest BCUT2D eigenvalue weighted by Crippen LogP contribution is 2.26. The van der Waals surface area contributed by atoms with Crippen LogP contribution < -0.4 is 4.74 Å². The van der Waals surface area contributed by atoms with E-state index in [-0.39, 0.29) is 13.2 Å². The van der Waals surface area contributed by atoms with E-state index in [1.807, 2.05) is 56.3 Å². The molecule has 1 atom stereocenters. The molecule has 0 aliphatic carbocycles. The van der Waals surface area contributed by atoms with Crippen LogP contribution in [0.25, 0.3) is 0 Å². The highest BCUT2D eigenvalue weighted by Gasteiger charge is 2.11. The van der Waals surface area contributed by atoms with Gasteiger partial charge in [0.2, 0.25) is 0 Å². The Morgan fingerprint density at radius 2 is 1.65 bits per heavy atom.